The first-order chi connectivity index (χ1) is 6.24. The van der Waals surface area contributed by atoms with E-state index in [-0.39, 0.29) is 5.91 Å². The van der Waals surface area contributed by atoms with Crippen LogP contribution in [0, 0.1) is 12.3 Å². The number of hydrogen-bond acceptors (Lipinski definition) is 1. The van der Waals surface area contributed by atoms with E-state index in [1.165, 1.54) is 4.90 Å². The molecule has 66 valence electrons. The summed E-state index contributed by atoms with van der Waals surface area (Å²) in [4.78, 5) is 12.5. The highest BCUT2D eigenvalue weighted by Gasteiger charge is 2.04. The molecule has 0 saturated heterocycles. The Morgan fingerprint density at radius 3 is 2.62 bits per heavy atom. The number of hydrogen-bond donors (Lipinski definition) is 0. The number of rotatable bonds is 2. The molecule has 0 aromatic heterocycles. The molecule has 0 radical (unpaired) electrons. The first-order valence-corrected chi connectivity index (χ1v) is 3.99. The highest BCUT2D eigenvalue weighted by Crippen LogP contribution is 2.01. The fraction of sp³-hybridized carbons (Fsp3) is 0.182. The van der Waals surface area contributed by atoms with Gasteiger partial charge in [0.2, 0.25) is 0 Å². The van der Waals surface area contributed by atoms with Crippen molar-refractivity contribution in [3.8, 4) is 12.3 Å². The molecule has 0 aliphatic heterocycles. The Bertz CT molecular complexity index is 324. The Labute approximate surface area is 78.2 Å². The first kappa shape index (κ1) is 9.34. The van der Waals surface area contributed by atoms with E-state index in [9.17, 15) is 4.79 Å². The molecule has 0 aliphatic rings. The van der Waals surface area contributed by atoms with Gasteiger partial charge >= 0.3 is 0 Å². The van der Waals surface area contributed by atoms with Crippen LogP contribution < -0.4 is 0 Å². The highest BCUT2D eigenvalue weighted by molar-refractivity contribution is 5.92. The van der Waals surface area contributed by atoms with Gasteiger partial charge in [-0.15, -0.1) is 6.42 Å². The smallest absolute Gasteiger partial charge is 0.298 e. The minimum atomic E-state index is -0.288. The summed E-state index contributed by atoms with van der Waals surface area (Å²) in [6.45, 7) is 0.559. The van der Waals surface area contributed by atoms with Crippen molar-refractivity contribution in [2.45, 2.75) is 6.54 Å². The van der Waals surface area contributed by atoms with Crippen molar-refractivity contribution in [2.24, 2.45) is 0 Å². The van der Waals surface area contributed by atoms with Crippen LogP contribution in [-0.4, -0.2) is 17.9 Å². The van der Waals surface area contributed by atoms with Gasteiger partial charge < -0.3 is 4.90 Å². The molecule has 2 heteroatoms. The molecule has 0 fully saturated rings. The van der Waals surface area contributed by atoms with Crippen LogP contribution in [0.3, 0.4) is 0 Å². The van der Waals surface area contributed by atoms with Gasteiger partial charge in [0.15, 0.2) is 0 Å². The van der Waals surface area contributed by atoms with Crippen molar-refractivity contribution in [1.82, 2.24) is 4.90 Å². The lowest BCUT2D eigenvalue weighted by molar-refractivity contribution is -0.124. The first-order valence-electron chi connectivity index (χ1n) is 3.99. The average Bonchev–Trinajstić information content (AvgIpc) is 2.18. The summed E-state index contributed by atoms with van der Waals surface area (Å²) in [6.07, 6.45) is 4.99. The van der Waals surface area contributed by atoms with Gasteiger partial charge in [-0.25, -0.2) is 0 Å². The van der Waals surface area contributed by atoms with Gasteiger partial charge in [-0.2, -0.15) is 0 Å². The zero-order valence-corrected chi connectivity index (χ0v) is 7.53. The lowest BCUT2D eigenvalue weighted by Crippen LogP contribution is -2.24. The molecular weight excluding hydrogens is 162 g/mol. The Balaban J connectivity index is 2.61. The number of carbonyl (C=O) groups excluding carboxylic acids is 1. The SMILES string of the molecule is C#CC(=O)N(C)Cc1ccccc1. The molecule has 1 aromatic carbocycles. The predicted octanol–water partition coefficient (Wildman–Crippen LogP) is 1.28. The lowest BCUT2D eigenvalue weighted by Gasteiger charge is -2.13. The van der Waals surface area contributed by atoms with Gasteiger partial charge in [-0.1, -0.05) is 30.3 Å². The standard InChI is InChI=1S/C11H11NO/c1-3-11(13)12(2)9-10-7-5-4-6-8-10/h1,4-8H,9H2,2H3. The second-order valence-corrected chi connectivity index (χ2v) is 2.79. The van der Waals surface area contributed by atoms with Crippen molar-refractivity contribution < 1.29 is 4.79 Å². The molecule has 1 rings (SSSR count). The third-order valence-corrected chi connectivity index (χ3v) is 1.73. The highest BCUT2D eigenvalue weighted by atomic mass is 16.2. The van der Waals surface area contributed by atoms with Gasteiger partial charge in [-0.05, 0) is 11.5 Å². The minimum Gasteiger partial charge on any atom is -0.331 e. The molecule has 13 heavy (non-hydrogen) atoms. The fourth-order valence-electron chi connectivity index (χ4n) is 1.04. The maximum atomic E-state index is 11.0. The van der Waals surface area contributed by atoms with Gasteiger partial charge in [0, 0.05) is 13.6 Å². The average molecular weight is 173 g/mol. The van der Waals surface area contributed by atoms with Crippen molar-refractivity contribution in [1.29, 1.82) is 0 Å². The lowest BCUT2D eigenvalue weighted by atomic mass is 10.2. The van der Waals surface area contributed by atoms with Crippen molar-refractivity contribution >= 4 is 5.91 Å². The van der Waals surface area contributed by atoms with E-state index in [0.29, 0.717) is 6.54 Å². The molecule has 1 amide bonds. The molecule has 0 aliphatic carbocycles. The van der Waals surface area contributed by atoms with E-state index in [2.05, 4.69) is 5.92 Å². The van der Waals surface area contributed by atoms with Gasteiger partial charge in [0.25, 0.3) is 5.91 Å². The Morgan fingerprint density at radius 2 is 2.08 bits per heavy atom. The van der Waals surface area contributed by atoms with Crippen molar-refractivity contribution in [3.63, 3.8) is 0 Å². The number of nitrogens with zero attached hydrogens (tertiary/aromatic N) is 1. The van der Waals surface area contributed by atoms with Crippen LogP contribution in [0.5, 0.6) is 0 Å². The molecule has 0 spiro atoms. The number of amides is 1. The summed E-state index contributed by atoms with van der Waals surface area (Å²) >= 11 is 0. The topological polar surface area (TPSA) is 20.3 Å². The molecule has 0 bridgehead atoms. The van der Waals surface area contributed by atoms with E-state index >= 15 is 0 Å². The predicted molar refractivity (Wildman–Crippen MR) is 51.7 cm³/mol. The van der Waals surface area contributed by atoms with Gasteiger partial charge in [0.05, 0.1) is 0 Å². The van der Waals surface area contributed by atoms with Gasteiger partial charge in [-0.3, -0.25) is 4.79 Å². The third kappa shape index (κ3) is 2.64. The maximum absolute atomic E-state index is 11.0. The Morgan fingerprint density at radius 1 is 1.46 bits per heavy atom. The van der Waals surface area contributed by atoms with Crippen LogP contribution in [0.1, 0.15) is 5.56 Å². The summed E-state index contributed by atoms with van der Waals surface area (Å²) < 4.78 is 0. The van der Waals surface area contributed by atoms with E-state index in [1.807, 2.05) is 30.3 Å². The maximum Gasteiger partial charge on any atom is 0.298 e. The van der Waals surface area contributed by atoms with E-state index < -0.39 is 0 Å². The summed E-state index contributed by atoms with van der Waals surface area (Å²) in [5.41, 5.74) is 1.08. The van der Waals surface area contributed by atoms with Crippen LogP contribution in [0.25, 0.3) is 0 Å². The number of carbonyl (C=O) groups is 1. The van der Waals surface area contributed by atoms with Crippen LogP contribution in [-0.2, 0) is 11.3 Å². The fourth-order valence-corrected chi connectivity index (χ4v) is 1.04. The summed E-state index contributed by atoms with van der Waals surface area (Å²) in [5, 5.41) is 0. The van der Waals surface area contributed by atoms with Crippen LogP contribution >= 0.6 is 0 Å². The molecular formula is C11H11NO. The summed E-state index contributed by atoms with van der Waals surface area (Å²) in [7, 11) is 1.69. The third-order valence-electron chi connectivity index (χ3n) is 1.73. The Hall–Kier alpha value is -1.75. The van der Waals surface area contributed by atoms with Crippen molar-refractivity contribution in [3.05, 3.63) is 35.9 Å². The zero-order chi connectivity index (χ0) is 9.68. The van der Waals surface area contributed by atoms with Crippen LogP contribution in [0.4, 0.5) is 0 Å². The van der Waals surface area contributed by atoms with E-state index in [1.54, 1.807) is 7.05 Å². The molecule has 0 N–H and O–H groups in total. The molecule has 0 atom stereocenters. The van der Waals surface area contributed by atoms with Gasteiger partial charge in [0.1, 0.15) is 0 Å². The van der Waals surface area contributed by atoms with E-state index in [0.717, 1.165) is 5.56 Å². The largest absolute Gasteiger partial charge is 0.331 e. The monoisotopic (exact) mass is 173 g/mol. The number of terminal acetylenes is 1. The second-order valence-electron chi connectivity index (χ2n) is 2.79. The molecule has 0 unspecified atom stereocenters. The number of benzene rings is 1. The normalized spacial score (nSPS) is 8.92. The van der Waals surface area contributed by atoms with E-state index in [4.69, 9.17) is 6.42 Å². The van der Waals surface area contributed by atoms with Crippen molar-refractivity contribution in [2.75, 3.05) is 7.05 Å². The second kappa shape index (κ2) is 4.32. The quantitative estimate of drug-likeness (QED) is 0.617. The molecule has 1 aromatic rings. The summed E-state index contributed by atoms with van der Waals surface area (Å²) in [6, 6.07) is 9.72. The molecule has 0 saturated carbocycles. The zero-order valence-electron chi connectivity index (χ0n) is 7.53. The summed E-state index contributed by atoms with van der Waals surface area (Å²) in [5.74, 6) is 1.78. The Kier molecular flexibility index (Phi) is 3.10. The minimum absolute atomic E-state index is 0.288. The van der Waals surface area contributed by atoms with Crippen LogP contribution in [0.2, 0.25) is 0 Å². The van der Waals surface area contributed by atoms with Crippen LogP contribution in [0.15, 0.2) is 30.3 Å². The molecule has 2 nitrogen and oxygen atoms in total. The molecule has 0 heterocycles.